The van der Waals surface area contributed by atoms with Gasteiger partial charge < -0.3 is 10.2 Å². The molecule has 8 rings (SSSR count). The molecule has 0 radical (unpaired) electrons. The van der Waals surface area contributed by atoms with E-state index in [0.29, 0.717) is 58.6 Å². The second-order valence-corrected chi connectivity index (χ2v) is 14.4. The second kappa shape index (κ2) is 9.46. The van der Waals surface area contributed by atoms with Crippen LogP contribution in [0.4, 0.5) is 0 Å². The van der Waals surface area contributed by atoms with Gasteiger partial charge in [0.1, 0.15) is 23.1 Å². The molecule has 212 valence electrons. The number of phenols is 2. The van der Waals surface area contributed by atoms with E-state index in [4.69, 9.17) is 0 Å². The average Bonchev–Trinajstić information content (AvgIpc) is 3.43. The number of carbonyl (C=O) groups is 2. The fourth-order valence-electron chi connectivity index (χ4n) is 10.7. The van der Waals surface area contributed by atoms with Gasteiger partial charge in [-0.25, -0.2) is 0 Å². The zero-order valence-corrected chi connectivity index (χ0v) is 24.1. The minimum Gasteiger partial charge on any atom is -0.508 e. The van der Waals surface area contributed by atoms with Crippen molar-refractivity contribution in [3.8, 4) is 11.5 Å². The number of aromatic hydroxyl groups is 2. The predicted octanol–water partition coefficient (Wildman–Crippen LogP) is 7.63. The Bertz CT molecular complexity index is 1260. The summed E-state index contributed by atoms with van der Waals surface area (Å²) in [5, 5.41) is 19.3. The summed E-state index contributed by atoms with van der Waals surface area (Å²) >= 11 is 0. The number of rotatable bonds is 0. The van der Waals surface area contributed by atoms with Crippen molar-refractivity contribution >= 4 is 11.6 Å². The number of carbonyl (C=O) groups excluding carboxylic acids is 2. The number of Topliss-reactive ketones (excluding diaryl/α,β-unsaturated/α-hetero) is 2. The van der Waals surface area contributed by atoms with E-state index < -0.39 is 0 Å². The average molecular weight is 541 g/mol. The number of benzene rings is 2. The summed E-state index contributed by atoms with van der Waals surface area (Å²) in [5.74, 6) is 5.57. The summed E-state index contributed by atoms with van der Waals surface area (Å²) in [6.45, 7) is 4.44. The molecule has 0 aromatic heterocycles. The lowest BCUT2D eigenvalue weighted by Crippen LogP contribution is -2.42. The smallest absolute Gasteiger partial charge is 0.139 e. The van der Waals surface area contributed by atoms with Gasteiger partial charge in [0.05, 0.1) is 0 Å². The van der Waals surface area contributed by atoms with Crippen molar-refractivity contribution in [2.75, 3.05) is 0 Å². The Morgan fingerprint density at radius 1 is 0.600 bits per heavy atom. The van der Waals surface area contributed by atoms with E-state index in [1.807, 2.05) is 24.3 Å². The van der Waals surface area contributed by atoms with Gasteiger partial charge in [0, 0.05) is 23.7 Å². The van der Waals surface area contributed by atoms with Crippen LogP contribution in [0.25, 0.3) is 0 Å². The Labute approximate surface area is 238 Å². The first-order chi connectivity index (χ1) is 19.2. The molecule has 0 heterocycles. The number of fused-ring (bicyclic) bond motifs is 10. The summed E-state index contributed by atoms with van der Waals surface area (Å²) < 4.78 is 0. The Hall–Kier alpha value is -2.62. The summed E-state index contributed by atoms with van der Waals surface area (Å²) in [6.07, 6.45) is 12.7. The first-order valence-electron chi connectivity index (χ1n) is 15.9. The normalized spacial score (nSPS) is 39.0. The van der Waals surface area contributed by atoms with Crippen LogP contribution >= 0.6 is 0 Å². The van der Waals surface area contributed by atoms with Gasteiger partial charge in [-0.1, -0.05) is 26.0 Å². The highest BCUT2D eigenvalue weighted by Crippen LogP contribution is 2.61. The van der Waals surface area contributed by atoms with Gasteiger partial charge in [-0.05, 0) is 146 Å². The fourth-order valence-corrected chi connectivity index (χ4v) is 10.7. The Morgan fingerprint density at radius 3 is 1.45 bits per heavy atom. The minimum atomic E-state index is -0.0322. The van der Waals surface area contributed by atoms with Crippen LogP contribution in [-0.2, 0) is 22.4 Å². The molecule has 6 aliphatic rings. The number of phenolic OH excluding ortho intramolecular Hbond substituents is 2. The molecule has 2 aromatic rings. The van der Waals surface area contributed by atoms with E-state index >= 15 is 0 Å². The van der Waals surface area contributed by atoms with Crippen molar-refractivity contribution in [1.29, 1.82) is 0 Å². The molecule has 8 atom stereocenters. The summed E-state index contributed by atoms with van der Waals surface area (Å²) in [6, 6.07) is 11.8. The van der Waals surface area contributed by atoms with E-state index in [1.54, 1.807) is 0 Å². The highest BCUT2D eigenvalue weighted by Gasteiger charge is 2.55. The van der Waals surface area contributed by atoms with E-state index in [-0.39, 0.29) is 10.8 Å². The fraction of sp³-hybridized carbons (Fsp3) is 0.611. The van der Waals surface area contributed by atoms with Crippen LogP contribution in [0.15, 0.2) is 36.4 Å². The van der Waals surface area contributed by atoms with Crippen molar-refractivity contribution in [1.82, 2.24) is 0 Å². The Kier molecular flexibility index (Phi) is 6.22. The van der Waals surface area contributed by atoms with Crippen LogP contribution in [0.1, 0.15) is 112 Å². The van der Waals surface area contributed by atoms with Gasteiger partial charge in [-0.3, -0.25) is 9.59 Å². The Morgan fingerprint density at radius 2 is 1.02 bits per heavy atom. The van der Waals surface area contributed by atoms with Crippen LogP contribution in [0.3, 0.4) is 0 Å². The molecule has 0 spiro atoms. The SMILES string of the molecule is C[C@]12CC[C@@H]3c4ccc(O)cc4CC[C@H]3[C@@H]1CCC2=O.C[C@]12CC[C@@H]3c4ccc(O)cc4CC[C@H]3[C@@H]1CCC2=O. The third-order valence-electron chi connectivity index (χ3n) is 12.8. The molecule has 2 N–H and O–H groups in total. The van der Waals surface area contributed by atoms with E-state index in [9.17, 15) is 19.8 Å². The van der Waals surface area contributed by atoms with Crippen molar-refractivity contribution in [2.24, 2.45) is 34.5 Å². The summed E-state index contributed by atoms with van der Waals surface area (Å²) in [5.41, 5.74) is 5.49. The van der Waals surface area contributed by atoms with Gasteiger partial charge in [0.25, 0.3) is 0 Å². The zero-order chi connectivity index (χ0) is 27.8. The lowest BCUT2D eigenvalue weighted by atomic mass is 9.55. The van der Waals surface area contributed by atoms with Gasteiger partial charge in [-0.15, -0.1) is 0 Å². The molecule has 0 saturated heterocycles. The largest absolute Gasteiger partial charge is 0.508 e. The molecule has 0 aliphatic heterocycles. The predicted molar refractivity (Wildman–Crippen MR) is 155 cm³/mol. The third kappa shape index (κ3) is 3.91. The van der Waals surface area contributed by atoms with Crippen molar-refractivity contribution in [3.63, 3.8) is 0 Å². The quantitative estimate of drug-likeness (QED) is 0.360. The molecule has 0 bridgehead atoms. The molecule has 6 aliphatic carbocycles. The van der Waals surface area contributed by atoms with E-state index in [2.05, 4.69) is 26.0 Å². The molecule has 2 aromatic carbocycles. The topological polar surface area (TPSA) is 74.6 Å². The van der Waals surface area contributed by atoms with Crippen LogP contribution < -0.4 is 0 Å². The maximum absolute atomic E-state index is 12.3. The molecular formula is C36H44O4. The van der Waals surface area contributed by atoms with Crippen molar-refractivity contribution in [3.05, 3.63) is 58.7 Å². The monoisotopic (exact) mass is 540 g/mol. The number of hydrogen-bond donors (Lipinski definition) is 2. The maximum Gasteiger partial charge on any atom is 0.139 e. The molecular weight excluding hydrogens is 496 g/mol. The highest BCUT2D eigenvalue weighted by atomic mass is 16.3. The molecule has 4 nitrogen and oxygen atoms in total. The van der Waals surface area contributed by atoms with Crippen LogP contribution in [-0.4, -0.2) is 21.8 Å². The first-order valence-corrected chi connectivity index (χ1v) is 15.9. The number of aryl methyl sites for hydroxylation is 2. The number of hydrogen-bond acceptors (Lipinski definition) is 4. The Balaban J connectivity index is 0.000000132. The third-order valence-corrected chi connectivity index (χ3v) is 12.8. The van der Waals surface area contributed by atoms with Crippen LogP contribution in [0.2, 0.25) is 0 Å². The summed E-state index contributed by atoms with van der Waals surface area (Å²) in [4.78, 5) is 24.5. The lowest BCUT2D eigenvalue weighted by molar-refractivity contribution is -0.130. The second-order valence-electron chi connectivity index (χ2n) is 14.4. The van der Waals surface area contributed by atoms with Crippen LogP contribution in [0, 0.1) is 34.5 Å². The van der Waals surface area contributed by atoms with Gasteiger partial charge in [0.2, 0.25) is 0 Å². The van der Waals surface area contributed by atoms with Crippen LogP contribution in [0.5, 0.6) is 11.5 Å². The zero-order valence-electron chi connectivity index (χ0n) is 24.1. The van der Waals surface area contributed by atoms with Crippen molar-refractivity contribution < 1.29 is 19.8 Å². The minimum absolute atomic E-state index is 0.0322. The van der Waals surface area contributed by atoms with E-state index in [0.717, 1.165) is 64.2 Å². The molecule has 4 heteroatoms. The number of ketones is 2. The lowest BCUT2D eigenvalue weighted by Gasteiger charge is -2.48. The highest BCUT2D eigenvalue weighted by molar-refractivity contribution is 5.87. The summed E-state index contributed by atoms with van der Waals surface area (Å²) in [7, 11) is 0. The first kappa shape index (κ1) is 26.3. The van der Waals surface area contributed by atoms with Gasteiger partial charge in [0.15, 0.2) is 0 Å². The van der Waals surface area contributed by atoms with Crippen molar-refractivity contribution in [2.45, 2.75) is 103 Å². The van der Waals surface area contributed by atoms with E-state index in [1.165, 1.54) is 35.1 Å². The molecule has 4 saturated carbocycles. The van der Waals surface area contributed by atoms with Gasteiger partial charge in [-0.2, -0.15) is 0 Å². The molecule has 0 unspecified atom stereocenters. The maximum atomic E-state index is 12.3. The molecule has 40 heavy (non-hydrogen) atoms. The molecule has 4 fully saturated rings. The standard InChI is InChI=1S/2C18H22O2/c2*1-18-9-8-14-13-5-3-12(19)10-11(13)2-4-15(14)16(18)6-7-17(18)20/h2*3,5,10,14-16,19H,2,4,6-9H2,1H3/t2*14-,15-,16+,18+/m11/s1. The molecule has 0 amide bonds. The van der Waals surface area contributed by atoms with Gasteiger partial charge >= 0.3 is 0 Å².